The molecule has 0 saturated heterocycles. The second kappa shape index (κ2) is 8.42. The van der Waals surface area contributed by atoms with Crippen LogP contribution in [0.4, 0.5) is 0 Å². The van der Waals surface area contributed by atoms with Crippen LogP contribution in [0, 0.1) is 11.8 Å². The zero-order chi connectivity index (χ0) is 15.8. The largest absolute Gasteiger partial charge is 0.481 e. The SMILES string of the molecule is CC(C)CC(CNC(=O)[C@@H](N)Cc1ccccc1)C(=O)O. The van der Waals surface area contributed by atoms with Gasteiger partial charge in [-0.05, 0) is 24.3 Å². The third kappa shape index (κ3) is 6.40. The molecule has 1 aromatic carbocycles. The van der Waals surface area contributed by atoms with E-state index in [4.69, 9.17) is 10.8 Å². The van der Waals surface area contributed by atoms with Gasteiger partial charge in [0.05, 0.1) is 12.0 Å². The smallest absolute Gasteiger partial charge is 0.308 e. The van der Waals surface area contributed by atoms with E-state index in [9.17, 15) is 9.59 Å². The minimum atomic E-state index is -0.888. The first-order chi connectivity index (χ1) is 9.90. The molecule has 0 spiro atoms. The van der Waals surface area contributed by atoms with Gasteiger partial charge in [0.1, 0.15) is 0 Å². The molecule has 0 aliphatic carbocycles. The van der Waals surface area contributed by atoms with E-state index in [1.165, 1.54) is 0 Å². The van der Waals surface area contributed by atoms with Gasteiger partial charge in [0.2, 0.25) is 5.91 Å². The molecular formula is C16H24N2O3. The number of rotatable bonds is 8. The quantitative estimate of drug-likeness (QED) is 0.675. The molecule has 0 fully saturated rings. The average Bonchev–Trinajstić information content (AvgIpc) is 2.43. The molecule has 1 aromatic rings. The number of hydrogen-bond acceptors (Lipinski definition) is 3. The average molecular weight is 292 g/mol. The summed E-state index contributed by atoms with van der Waals surface area (Å²) in [6.45, 7) is 4.03. The number of hydrogen-bond donors (Lipinski definition) is 3. The molecule has 1 amide bonds. The Morgan fingerprint density at radius 2 is 1.86 bits per heavy atom. The Bertz CT molecular complexity index is 460. The minimum absolute atomic E-state index is 0.120. The molecule has 0 bridgehead atoms. The molecule has 0 aliphatic heterocycles. The normalized spacial score (nSPS) is 13.7. The van der Waals surface area contributed by atoms with Crippen LogP contribution in [0.3, 0.4) is 0 Å². The monoisotopic (exact) mass is 292 g/mol. The summed E-state index contributed by atoms with van der Waals surface area (Å²) in [5, 5.41) is 11.8. The molecule has 0 saturated carbocycles. The number of carbonyl (C=O) groups is 2. The van der Waals surface area contributed by atoms with Crippen molar-refractivity contribution in [2.45, 2.75) is 32.7 Å². The number of nitrogens with two attached hydrogens (primary N) is 1. The maximum atomic E-state index is 11.9. The van der Waals surface area contributed by atoms with E-state index in [1.807, 2.05) is 44.2 Å². The van der Waals surface area contributed by atoms with Crippen molar-refractivity contribution in [1.82, 2.24) is 5.32 Å². The highest BCUT2D eigenvalue weighted by Crippen LogP contribution is 2.11. The number of carbonyl (C=O) groups excluding carboxylic acids is 1. The first-order valence-electron chi connectivity index (χ1n) is 7.20. The molecule has 4 N–H and O–H groups in total. The van der Waals surface area contributed by atoms with Crippen molar-refractivity contribution in [3.63, 3.8) is 0 Å². The van der Waals surface area contributed by atoms with Crippen LogP contribution in [0.2, 0.25) is 0 Å². The molecule has 0 aromatic heterocycles. The van der Waals surface area contributed by atoms with E-state index in [1.54, 1.807) is 0 Å². The van der Waals surface area contributed by atoms with Crippen LogP contribution in [0.1, 0.15) is 25.8 Å². The van der Waals surface area contributed by atoms with E-state index < -0.39 is 17.9 Å². The first-order valence-corrected chi connectivity index (χ1v) is 7.20. The Balaban J connectivity index is 2.46. The number of amides is 1. The van der Waals surface area contributed by atoms with Crippen molar-refractivity contribution in [2.75, 3.05) is 6.54 Å². The van der Waals surface area contributed by atoms with Crippen LogP contribution >= 0.6 is 0 Å². The van der Waals surface area contributed by atoms with Gasteiger partial charge in [-0.15, -0.1) is 0 Å². The van der Waals surface area contributed by atoms with E-state index >= 15 is 0 Å². The van der Waals surface area contributed by atoms with Crippen LogP contribution in [-0.2, 0) is 16.0 Å². The van der Waals surface area contributed by atoms with E-state index in [2.05, 4.69) is 5.32 Å². The van der Waals surface area contributed by atoms with Gasteiger partial charge < -0.3 is 16.2 Å². The fourth-order valence-electron chi connectivity index (χ4n) is 2.16. The van der Waals surface area contributed by atoms with E-state index in [0.29, 0.717) is 12.8 Å². The summed E-state index contributed by atoms with van der Waals surface area (Å²) in [4.78, 5) is 23.1. The summed E-state index contributed by atoms with van der Waals surface area (Å²) in [5.41, 5.74) is 6.84. The fourth-order valence-corrected chi connectivity index (χ4v) is 2.16. The third-order valence-electron chi connectivity index (χ3n) is 3.26. The number of nitrogens with one attached hydrogen (secondary N) is 1. The van der Waals surface area contributed by atoms with Crippen molar-refractivity contribution in [1.29, 1.82) is 0 Å². The number of benzene rings is 1. The number of carboxylic acids is 1. The lowest BCUT2D eigenvalue weighted by Crippen LogP contribution is -2.44. The Hall–Kier alpha value is -1.88. The Kier molecular flexibility index (Phi) is 6.88. The van der Waals surface area contributed by atoms with Crippen molar-refractivity contribution < 1.29 is 14.7 Å². The summed E-state index contributed by atoms with van der Waals surface area (Å²) >= 11 is 0. The predicted octanol–water partition coefficient (Wildman–Crippen LogP) is 1.42. The van der Waals surface area contributed by atoms with Gasteiger partial charge in [-0.3, -0.25) is 9.59 Å². The zero-order valence-corrected chi connectivity index (χ0v) is 12.6. The highest BCUT2D eigenvalue weighted by molar-refractivity contribution is 5.82. The van der Waals surface area contributed by atoms with Gasteiger partial charge >= 0.3 is 5.97 Å². The summed E-state index contributed by atoms with van der Waals surface area (Å²) in [5.74, 6) is -1.51. The maximum absolute atomic E-state index is 11.9. The van der Waals surface area contributed by atoms with Gasteiger partial charge in [-0.25, -0.2) is 0 Å². The van der Waals surface area contributed by atoms with Crippen molar-refractivity contribution in [3.05, 3.63) is 35.9 Å². The Morgan fingerprint density at radius 1 is 1.24 bits per heavy atom. The zero-order valence-electron chi connectivity index (χ0n) is 12.6. The Labute approximate surface area is 125 Å². The van der Waals surface area contributed by atoms with E-state index in [0.717, 1.165) is 5.56 Å². The maximum Gasteiger partial charge on any atom is 0.308 e. The molecule has 21 heavy (non-hydrogen) atoms. The van der Waals surface area contributed by atoms with Gasteiger partial charge in [0, 0.05) is 6.54 Å². The molecule has 1 rings (SSSR count). The predicted molar refractivity (Wildman–Crippen MR) is 81.7 cm³/mol. The first kappa shape index (κ1) is 17.2. The van der Waals surface area contributed by atoms with Crippen LogP contribution in [-0.4, -0.2) is 29.6 Å². The van der Waals surface area contributed by atoms with Gasteiger partial charge in [0.25, 0.3) is 0 Å². The summed E-state index contributed by atoms with van der Waals surface area (Å²) in [6.07, 6.45) is 0.970. The van der Waals surface area contributed by atoms with Gasteiger partial charge in [-0.2, -0.15) is 0 Å². The molecule has 5 nitrogen and oxygen atoms in total. The van der Waals surface area contributed by atoms with Crippen molar-refractivity contribution in [2.24, 2.45) is 17.6 Å². The summed E-state index contributed by atoms with van der Waals surface area (Å²) in [7, 11) is 0. The highest BCUT2D eigenvalue weighted by Gasteiger charge is 2.21. The second-order valence-electron chi connectivity index (χ2n) is 5.71. The van der Waals surface area contributed by atoms with Crippen molar-refractivity contribution in [3.8, 4) is 0 Å². The lowest BCUT2D eigenvalue weighted by atomic mass is 9.97. The van der Waals surface area contributed by atoms with Gasteiger partial charge in [-0.1, -0.05) is 44.2 Å². The molecule has 0 aliphatic rings. The van der Waals surface area contributed by atoms with Gasteiger partial charge in [0.15, 0.2) is 0 Å². The van der Waals surface area contributed by atoms with Crippen molar-refractivity contribution >= 4 is 11.9 Å². The molecular weight excluding hydrogens is 268 g/mol. The standard InChI is InChI=1S/C16H24N2O3/c1-11(2)8-13(16(20)21)10-18-15(19)14(17)9-12-6-4-3-5-7-12/h3-7,11,13-14H,8-10,17H2,1-2H3,(H,18,19)(H,20,21)/t13?,14-/m0/s1. The topological polar surface area (TPSA) is 92.4 Å². The minimum Gasteiger partial charge on any atom is -0.481 e. The molecule has 5 heteroatoms. The van der Waals surface area contributed by atoms with Crippen LogP contribution in [0.25, 0.3) is 0 Å². The molecule has 1 unspecified atom stereocenters. The third-order valence-corrected chi connectivity index (χ3v) is 3.26. The van der Waals surface area contributed by atoms with Crippen LogP contribution < -0.4 is 11.1 Å². The molecule has 0 radical (unpaired) electrons. The fraction of sp³-hybridized carbons (Fsp3) is 0.500. The summed E-state index contributed by atoms with van der Waals surface area (Å²) in [6, 6.07) is 8.84. The Morgan fingerprint density at radius 3 is 2.38 bits per heavy atom. The van der Waals surface area contributed by atoms with E-state index in [-0.39, 0.29) is 18.4 Å². The second-order valence-corrected chi connectivity index (χ2v) is 5.71. The number of carboxylic acid groups (broad SMARTS) is 1. The lowest BCUT2D eigenvalue weighted by Gasteiger charge is -2.17. The lowest BCUT2D eigenvalue weighted by molar-refractivity contribution is -0.142. The summed E-state index contributed by atoms with van der Waals surface area (Å²) < 4.78 is 0. The molecule has 116 valence electrons. The molecule has 2 atom stereocenters. The molecule has 0 heterocycles. The highest BCUT2D eigenvalue weighted by atomic mass is 16.4. The van der Waals surface area contributed by atoms with Crippen LogP contribution in [0.5, 0.6) is 0 Å². The number of aliphatic carboxylic acids is 1. The van der Waals surface area contributed by atoms with Crippen LogP contribution in [0.15, 0.2) is 30.3 Å².